The molecule has 3 N–H and O–H groups in total. The molecule has 2 aromatic carbocycles. The number of nitrogens with one attached hydrogen (secondary N) is 1. The van der Waals surface area contributed by atoms with Gasteiger partial charge in [0.1, 0.15) is 5.75 Å². The Hall–Kier alpha value is -3.59. The minimum atomic E-state index is -1.07. The molecule has 0 spiro atoms. The number of aromatic hydroxyl groups is 1. The lowest BCUT2D eigenvalue weighted by Crippen LogP contribution is -2.15. The molecule has 3 aromatic rings. The standard InChI is InChI=1S/C20H18N4O4S/c1-2-10-24-18(15-8-3-4-9-16(15)25)22-23-20(24)29-12-17(26)21-14-7-5-6-13(11-14)19(27)28/h2-9,11,25H,1,10,12H2,(H,21,26)(H,27,28). The first-order chi connectivity index (χ1) is 14.0. The molecule has 1 aromatic heterocycles. The fourth-order valence-corrected chi connectivity index (χ4v) is 3.36. The summed E-state index contributed by atoms with van der Waals surface area (Å²) >= 11 is 1.18. The van der Waals surface area contributed by atoms with Crippen LogP contribution in [0.3, 0.4) is 0 Å². The zero-order chi connectivity index (χ0) is 20.8. The second-order valence-corrected chi connectivity index (χ2v) is 6.89. The second-order valence-electron chi connectivity index (χ2n) is 5.95. The van der Waals surface area contributed by atoms with Crippen LogP contribution in [-0.2, 0) is 11.3 Å². The highest BCUT2D eigenvalue weighted by atomic mass is 32.2. The number of para-hydroxylation sites is 1. The van der Waals surface area contributed by atoms with Crippen molar-refractivity contribution in [2.75, 3.05) is 11.1 Å². The normalized spacial score (nSPS) is 10.5. The van der Waals surface area contributed by atoms with Gasteiger partial charge in [-0.15, -0.1) is 16.8 Å². The lowest BCUT2D eigenvalue weighted by atomic mass is 10.2. The van der Waals surface area contributed by atoms with Crippen molar-refractivity contribution in [1.82, 2.24) is 14.8 Å². The highest BCUT2D eigenvalue weighted by Crippen LogP contribution is 2.30. The van der Waals surface area contributed by atoms with Crippen molar-refractivity contribution in [3.63, 3.8) is 0 Å². The zero-order valence-corrected chi connectivity index (χ0v) is 16.1. The van der Waals surface area contributed by atoms with E-state index < -0.39 is 5.97 Å². The number of hydrogen-bond acceptors (Lipinski definition) is 6. The molecule has 0 bridgehead atoms. The van der Waals surface area contributed by atoms with Gasteiger partial charge in [0, 0.05) is 12.2 Å². The van der Waals surface area contributed by atoms with Crippen LogP contribution >= 0.6 is 11.8 Å². The molecule has 0 saturated heterocycles. The number of allylic oxidation sites excluding steroid dienone is 1. The van der Waals surface area contributed by atoms with Crippen LogP contribution in [0.2, 0.25) is 0 Å². The Kier molecular flexibility index (Phi) is 6.30. The fraction of sp³-hybridized carbons (Fsp3) is 0.100. The molecule has 0 fully saturated rings. The maximum atomic E-state index is 12.3. The number of aromatic carboxylic acids is 1. The van der Waals surface area contributed by atoms with E-state index in [-0.39, 0.29) is 23.0 Å². The van der Waals surface area contributed by atoms with Gasteiger partial charge in [0.15, 0.2) is 11.0 Å². The molecule has 0 saturated carbocycles. The largest absolute Gasteiger partial charge is 0.507 e. The topological polar surface area (TPSA) is 117 Å². The minimum Gasteiger partial charge on any atom is -0.507 e. The molecule has 0 aliphatic carbocycles. The predicted molar refractivity (Wildman–Crippen MR) is 110 cm³/mol. The molecule has 3 rings (SSSR count). The lowest BCUT2D eigenvalue weighted by molar-refractivity contribution is -0.113. The first kappa shape index (κ1) is 20.2. The third-order valence-corrected chi connectivity index (χ3v) is 4.87. The number of carbonyl (C=O) groups is 2. The number of phenolic OH excluding ortho intramolecular Hbond substituents is 1. The van der Waals surface area contributed by atoms with Gasteiger partial charge in [0.25, 0.3) is 0 Å². The molecule has 9 heteroatoms. The number of rotatable bonds is 8. The number of carbonyl (C=O) groups excluding carboxylic acids is 1. The van der Waals surface area contributed by atoms with Crippen molar-refractivity contribution in [2.45, 2.75) is 11.7 Å². The Labute approximate surface area is 170 Å². The number of thioether (sulfide) groups is 1. The first-order valence-corrected chi connectivity index (χ1v) is 9.56. The monoisotopic (exact) mass is 410 g/mol. The summed E-state index contributed by atoms with van der Waals surface area (Å²) in [7, 11) is 0. The first-order valence-electron chi connectivity index (χ1n) is 8.58. The highest BCUT2D eigenvalue weighted by molar-refractivity contribution is 7.99. The summed E-state index contributed by atoms with van der Waals surface area (Å²) in [5.74, 6) is -0.773. The summed E-state index contributed by atoms with van der Waals surface area (Å²) < 4.78 is 1.76. The quantitative estimate of drug-likeness (QED) is 0.385. The van der Waals surface area contributed by atoms with Crippen LogP contribution in [-0.4, -0.2) is 42.6 Å². The zero-order valence-electron chi connectivity index (χ0n) is 15.3. The number of hydrogen-bond donors (Lipinski definition) is 3. The molecule has 148 valence electrons. The van der Waals surface area contributed by atoms with Crippen LogP contribution < -0.4 is 5.32 Å². The van der Waals surface area contributed by atoms with Gasteiger partial charge in [0.2, 0.25) is 5.91 Å². The van der Waals surface area contributed by atoms with Crippen LogP contribution in [0.4, 0.5) is 5.69 Å². The number of amides is 1. The number of nitrogens with zero attached hydrogens (tertiary/aromatic N) is 3. The van der Waals surface area contributed by atoms with E-state index in [1.807, 2.05) is 0 Å². The highest BCUT2D eigenvalue weighted by Gasteiger charge is 2.17. The van der Waals surface area contributed by atoms with E-state index in [0.29, 0.717) is 28.8 Å². The second kappa shape index (κ2) is 9.07. The van der Waals surface area contributed by atoms with Crippen molar-refractivity contribution < 1.29 is 19.8 Å². The predicted octanol–water partition coefficient (Wildman–Crippen LogP) is 3.27. The Morgan fingerprint density at radius 3 is 2.69 bits per heavy atom. The van der Waals surface area contributed by atoms with Gasteiger partial charge in [0.05, 0.1) is 16.9 Å². The van der Waals surface area contributed by atoms with E-state index in [1.54, 1.807) is 47.0 Å². The van der Waals surface area contributed by atoms with Crippen LogP contribution in [0.15, 0.2) is 66.3 Å². The van der Waals surface area contributed by atoms with E-state index in [9.17, 15) is 14.7 Å². The minimum absolute atomic E-state index is 0.0490. The van der Waals surface area contributed by atoms with Gasteiger partial charge in [-0.3, -0.25) is 9.36 Å². The van der Waals surface area contributed by atoms with Crippen LogP contribution in [0.5, 0.6) is 5.75 Å². The molecule has 0 atom stereocenters. The molecule has 0 radical (unpaired) electrons. The maximum Gasteiger partial charge on any atom is 0.335 e. The van der Waals surface area contributed by atoms with Crippen LogP contribution in [0.1, 0.15) is 10.4 Å². The van der Waals surface area contributed by atoms with Gasteiger partial charge >= 0.3 is 5.97 Å². The Morgan fingerprint density at radius 1 is 1.17 bits per heavy atom. The summed E-state index contributed by atoms with van der Waals surface area (Å²) in [5, 5.41) is 30.6. The number of anilines is 1. The van der Waals surface area contributed by atoms with Crippen LogP contribution in [0, 0.1) is 0 Å². The Balaban J connectivity index is 1.73. The number of phenols is 1. The summed E-state index contributed by atoms with van der Waals surface area (Å²) in [4.78, 5) is 23.3. The van der Waals surface area contributed by atoms with Crippen molar-refractivity contribution >= 4 is 29.3 Å². The average Bonchev–Trinajstić information content (AvgIpc) is 3.10. The molecule has 0 unspecified atom stereocenters. The molecule has 8 nitrogen and oxygen atoms in total. The van der Waals surface area contributed by atoms with Gasteiger partial charge in [-0.05, 0) is 30.3 Å². The molecule has 1 amide bonds. The van der Waals surface area contributed by atoms with Crippen molar-refractivity contribution in [1.29, 1.82) is 0 Å². The average molecular weight is 410 g/mol. The number of carboxylic acid groups (broad SMARTS) is 1. The number of aromatic nitrogens is 3. The third kappa shape index (κ3) is 4.82. The van der Waals surface area contributed by atoms with E-state index in [2.05, 4.69) is 22.1 Å². The van der Waals surface area contributed by atoms with Crippen molar-refractivity contribution in [2.24, 2.45) is 0 Å². The molecule has 29 heavy (non-hydrogen) atoms. The maximum absolute atomic E-state index is 12.3. The molecular formula is C20H18N4O4S. The Bertz CT molecular complexity index is 1060. The van der Waals surface area contributed by atoms with E-state index in [1.165, 1.54) is 23.9 Å². The molecular weight excluding hydrogens is 392 g/mol. The number of benzene rings is 2. The van der Waals surface area contributed by atoms with Gasteiger partial charge < -0.3 is 15.5 Å². The molecule has 1 heterocycles. The fourth-order valence-electron chi connectivity index (χ4n) is 2.61. The molecule has 0 aliphatic rings. The lowest BCUT2D eigenvalue weighted by Gasteiger charge is -2.09. The van der Waals surface area contributed by atoms with Gasteiger partial charge in [-0.2, -0.15) is 0 Å². The van der Waals surface area contributed by atoms with E-state index in [0.717, 1.165) is 0 Å². The van der Waals surface area contributed by atoms with E-state index >= 15 is 0 Å². The summed E-state index contributed by atoms with van der Waals surface area (Å²) in [5.41, 5.74) is 1.02. The summed E-state index contributed by atoms with van der Waals surface area (Å²) in [6.07, 6.45) is 1.67. The molecule has 0 aliphatic heterocycles. The summed E-state index contributed by atoms with van der Waals surface area (Å²) in [6, 6.07) is 12.8. The van der Waals surface area contributed by atoms with Gasteiger partial charge in [-0.25, -0.2) is 4.79 Å². The SMILES string of the molecule is C=CCn1c(SCC(=O)Nc2cccc(C(=O)O)c2)nnc1-c1ccccc1O. The van der Waals surface area contributed by atoms with E-state index in [4.69, 9.17) is 5.11 Å². The third-order valence-electron chi connectivity index (χ3n) is 3.90. The number of carboxylic acids is 1. The smallest absolute Gasteiger partial charge is 0.335 e. The van der Waals surface area contributed by atoms with Crippen LogP contribution in [0.25, 0.3) is 11.4 Å². The van der Waals surface area contributed by atoms with Crippen molar-refractivity contribution in [3.8, 4) is 17.1 Å². The summed E-state index contributed by atoms with van der Waals surface area (Å²) in [6.45, 7) is 4.14. The van der Waals surface area contributed by atoms with Gasteiger partial charge in [-0.1, -0.05) is 36.0 Å². The Morgan fingerprint density at radius 2 is 1.97 bits per heavy atom. The van der Waals surface area contributed by atoms with Crippen molar-refractivity contribution in [3.05, 3.63) is 66.7 Å².